The number of nitrogens with one attached hydrogen (secondary N) is 1. The van der Waals surface area contributed by atoms with Gasteiger partial charge in [-0.05, 0) is 30.3 Å². The third-order valence-electron chi connectivity index (χ3n) is 3.26. The van der Waals surface area contributed by atoms with Gasteiger partial charge in [0.05, 0.1) is 17.1 Å². The van der Waals surface area contributed by atoms with E-state index in [1.165, 1.54) is 31.4 Å². The fourth-order valence-corrected chi connectivity index (χ4v) is 2.46. The predicted octanol–water partition coefficient (Wildman–Crippen LogP) is 4.12. The van der Waals surface area contributed by atoms with Crippen LogP contribution in [0.15, 0.2) is 36.5 Å². The van der Waals surface area contributed by atoms with Gasteiger partial charge in [-0.1, -0.05) is 23.2 Å². The largest absolute Gasteiger partial charge is 0.417 e. The maximum Gasteiger partial charge on any atom is 0.417 e. The van der Waals surface area contributed by atoms with Crippen molar-refractivity contribution in [3.63, 3.8) is 0 Å². The molecule has 5 nitrogen and oxygen atoms in total. The number of benzene rings is 1. The zero-order chi connectivity index (χ0) is 19.5. The Morgan fingerprint density at radius 1 is 1.19 bits per heavy atom. The van der Waals surface area contributed by atoms with E-state index in [1.807, 2.05) is 0 Å². The molecule has 0 fully saturated rings. The summed E-state index contributed by atoms with van der Waals surface area (Å²) in [6, 6.07) is 5.77. The van der Waals surface area contributed by atoms with Crippen molar-refractivity contribution in [2.75, 3.05) is 18.9 Å². The van der Waals surface area contributed by atoms with E-state index in [-0.39, 0.29) is 22.9 Å². The van der Waals surface area contributed by atoms with Crippen LogP contribution in [0.2, 0.25) is 10.2 Å². The lowest BCUT2D eigenvalue weighted by atomic mass is 10.2. The third-order valence-corrected chi connectivity index (χ3v) is 3.79. The summed E-state index contributed by atoms with van der Waals surface area (Å²) < 4.78 is 38.5. The van der Waals surface area contributed by atoms with Crippen LogP contribution in [-0.2, 0) is 11.0 Å². The molecule has 1 aromatic carbocycles. The van der Waals surface area contributed by atoms with E-state index in [0.29, 0.717) is 0 Å². The fourth-order valence-electron chi connectivity index (χ4n) is 2.06. The van der Waals surface area contributed by atoms with Crippen LogP contribution in [0.1, 0.15) is 15.9 Å². The van der Waals surface area contributed by atoms with E-state index in [0.717, 1.165) is 17.0 Å². The number of hydrogen-bond acceptors (Lipinski definition) is 3. The Morgan fingerprint density at radius 2 is 1.88 bits per heavy atom. The lowest BCUT2D eigenvalue weighted by Crippen LogP contribution is -2.35. The van der Waals surface area contributed by atoms with Crippen molar-refractivity contribution in [1.82, 2.24) is 9.88 Å². The van der Waals surface area contributed by atoms with Crippen molar-refractivity contribution < 1.29 is 22.8 Å². The topological polar surface area (TPSA) is 62.3 Å². The molecule has 0 aliphatic rings. The van der Waals surface area contributed by atoms with Gasteiger partial charge in [-0.2, -0.15) is 13.2 Å². The van der Waals surface area contributed by atoms with Gasteiger partial charge in [0.25, 0.3) is 5.91 Å². The highest BCUT2D eigenvalue weighted by atomic mass is 35.5. The Morgan fingerprint density at radius 3 is 2.50 bits per heavy atom. The van der Waals surface area contributed by atoms with Gasteiger partial charge in [0, 0.05) is 24.5 Å². The van der Waals surface area contributed by atoms with Gasteiger partial charge in [-0.15, -0.1) is 0 Å². The van der Waals surface area contributed by atoms with E-state index in [2.05, 4.69) is 10.3 Å². The lowest BCUT2D eigenvalue weighted by Gasteiger charge is -2.17. The molecule has 10 heteroatoms. The van der Waals surface area contributed by atoms with Gasteiger partial charge < -0.3 is 10.2 Å². The van der Waals surface area contributed by atoms with Crippen LogP contribution in [0.5, 0.6) is 0 Å². The second-order valence-electron chi connectivity index (χ2n) is 5.27. The first kappa shape index (κ1) is 20.0. The van der Waals surface area contributed by atoms with Crippen molar-refractivity contribution in [3.05, 3.63) is 57.8 Å². The molecule has 1 heterocycles. The van der Waals surface area contributed by atoms with Gasteiger partial charge in [0.2, 0.25) is 5.91 Å². The molecule has 138 valence electrons. The van der Waals surface area contributed by atoms with E-state index in [4.69, 9.17) is 23.2 Å². The molecule has 26 heavy (non-hydrogen) atoms. The number of anilines is 1. The van der Waals surface area contributed by atoms with Crippen LogP contribution in [0.3, 0.4) is 0 Å². The SMILES string of the molecule is CN(CC(=O)Nc1ccc(Cl)c(C(F)(F)F)c1)C(=O)c1ccnc(Cl)c1. The highest BCUT2D eigenvalue weighted by Crippen LogP contribution is 2.36. The monoisotopic (exact) mass is 405 g/mol. The number of likely N-dealkylation sites (N-methyl/N-ethyl adjacent to an activating group) is 1. The summed E-state index contributed by atoms with van der Waals surface area (Å²) in [5, 5.41) is 1.95. The molecule has 0 saturated heterocycles. The van der Waals surface area contributed by atoms with Crippen LogP contribution >= 0.6 is 23.2 Å². The lowest BCUT2D eigenvalue weighted by molar-refractivity contribution is -0.137. The third kappa shape index (κ3) is 5.09. The van der Waals surface area contributed by atoms with Crippen molar-refractivity contribution in [3.8, 4) is 0 Å². The quantitative estimate of drug-likeness (QED) is 0.778. The van der Waals surface area contributed by atoms with E-state index >= 15 is 0 Å². The van der Waals surface area contributed by atoms with Gasteiger partial charge in [-0.3, -0.25) is 9.59 Å². The summed E-state index contributed by atoms with van der Waals surface area (Å²) in [6.07, 6.45) is -3.30. The number of nitrogens with zero attached hydrogens (tertiary/aromatic N) is 2. The molecule has 2 amide bonds. The second-order valence-corrected chi connectivity index (χ2v) is 6.06. The number of pyridine rings is 1. The molecule has 2 aromatic rings. The Balaban J connectivity index is 2.05. The number of carbonyl (C=O) groups is 2. The number of aromatic nitrogens is 1. The molecule has 0 bridgehead atoms. The number of halogens is 5. The first-order valence-corrected chi connectivity index (χ1v) is 7.87. The van der Waals surface area contributed by atoms with E-state index in [9.17, 15) is 22.8 Å². The van der Waals surface area contributed by atoms with Crippen molar-refractivity contribution in [1.29, 1.82) is 0 Å². The molecular weight excluding hydrogens is 394 g/mol. The Bertz CT molecular complexity index is 844. The van der Waals surface area contributed by atoms with Crippen LogP contribution in [0.4, 0.5) is 18.9 Å². The molecular formula is C16H12Cl2F3N3O2. The highest BCUT2D eigenvalue weighted by molar-refractivity contribution is 6.31. The summed E-state index contributed by atoms with van der Waals surface area (Å²) in [5.74, 6) is -1.16. The summed E-state index contributed by atoms with van der Waals surface area (Å²) >= 11 is 11.2. The molecule has 0 spiro atoms. The van der Waals surface area contributed by atoms with Crippen molar-refractivity contribution >= 4 is 40.7 Å². The Labute approximate surface area is 156 Å². The average Bonchev–Trinajstić information content (AvgIpc) is 2.54. The normalized spacial score (nSPS) is 11.2. The molecule has 0 radical (unpaired) electrons. The average molecular weight is 406 g/mol. The number of alkyl halides is 3. The zero-order valence-corrected chi connectivity index (χ0v) is 14.8. The number of hydrogen-bond donors (Lipinski definition) is 1. The number of amides is 2. The van der Waals surface area contributed by atoms with E-state index in [1.54, 1.807) is 0 Å². The standard InChI is InChI=1S/C16H12Cl2F3N3O2/c1-24(15(26)9-4-5-22-13(18)6-9)8-14(25)23-10-2-3-12(17)11(7-10)16(19,20)21/h2-7H,8H2,1H3,(H,23,25). The van der Waals surface area contributed by atoms with Crippen LogP contribution < -0.4 is 5.32 Å². The molecule has 1 aromatic heterocycles. The molecule has 0 atom stereocenters. The fraction of sp³-hybridized carbons (Fsp3) is 0.188. The minimum atomic E-state index is -4.65. The Kier molecular flexibility index (Phi) is 6.09. The number of rotatable bonds is 4. The molecule has 0 saturated carbocycles. The minimum Gasteiger partial charge on any atom is -0.332 e. The van der Waals surface area contributed by atoms with Gasteiger partial charge in [0.1, 0.15) is 5.15 Å². The maximum absolute atomic E-state index is 12.8. The zero-order valence-electron chi connectivity index (χ0n) is 13.3. The molecule has 1 N–H and O–H groups in total. The summed E-state index contributed by atoms with van der Waals surface area (Å²) in [6.45, 7) is -0.372. The first-order chi connectivity index (χ1) is 12.1. The van der Waals surface area contributed by atoms with Gasteiger partial charge >= 0.3 is 6.18 Å². The minimum absolute atomic E-state index is 0.0838. The summed E-state index contributed by atoms with van der Waals surface area (Å²) in [7, 11) is 1.37. The van der Waals surface area contributed by atoms with Crippen LogP contribution in [-0.4, -0.2) is 35.3 Å². The molecule has 0 aliphatic heterocycles. The Hall–Kier alpha value is -2.32. The van der Waals surface area contributed by atoms with Gasteiger partial charge in [0.15, 0.2) is 0 Å². The van der Waals surface area contributed by atoms with Crippen LogP contribution in [0.25, 0.3) is 0 Å². The second kappa shape index (κ2) is 7.92. The van der Waals surface area contributed by atoms with Crippen LogP contribution in [0, 0.1) is 0 Å². The number of carbonyl (C=O) groups excluding carboxylic acids is 2. The highest BCUT2D eigenvalue weighted by Gasteiger charge is 2.33. The molecule has 0 aliphatic carbocycles. The molecule has 0 unspecified atom stereocenters. The first-order valence-electron chi connectivity index (χ1n) is 7.11. The summed E-state index contributed by atoms with van der Waals surface area (Å²) in [4.78, 5) is 29.1. The molecule has 2 rings (SSSR count). The maximum atomic E-state index is 12.8. The predicted molar refractivity (Wildman–Crippen MR) is 91.3 cm³/mol. The van der Waals surface area contributed by atoms with Crippen molar-refractivity contribution in [2.45, 2.75) is 6.18 Å². The van der Waals surface area contributed by atoms with Crippen molar-refractivity contribution in [2.24, 2.45) is 0 Å². The van der Waals surface area contributed by atoms with Gasteiger partial charge in [-0.25, -0.2) is 4.98 Å². The van der Waals surface area contributed by atoms with E-state index < -0.39 is 28.6 Å². The summed E-state index contributed by atoms with van der Waals surface area (Å²) in [5.41, 5.74) is -0.918. The smallest absolute Gasteiger partial charge is 0.332 e.